The van der Waals surface area contributed by atoms with Gasteiger partial charge in [0.25, 0.3) is 5.91 Å². The second-order valence-corrected chi connectivity index (χ2v) is 6.49. The minimum absolute atomic E-state index is 0.0224. The van der Waals surface area contributed by atoms with Gasteiger partial charge in [0.1, 0.15) is 0 Å². The van der Waals surface area contributed by atoms with E-state index in [0.717, 1.165) is 30.6 Å². The Bertz CT molecular complexity index is 785. The summed E-state index contributed by atoms with van der Waals surface area (Å²) in [5.41, 5.74) is 3.71. The normalized spacial score (nSPS) is 15.3. The molecule has 0 radical (unpaired) electrons. The van der Waals surface area contributed by atoms with Crippen molar-refractivity contribution in [2.75, 3.05) is 11.4 Å². The molecule has 1 unspecified atom stereocenters. The van der Waals surface area contributed by atoms with E-state index in [1.54, 1.807) is 11.0 Å². The second kappa shape index (κ2) is 7.51. The van der Waals surface area contributed by atoms with Crippen LogP contribution >= 0.6 is 0 Å². The Labute approximate surface area is 148 Å². The average molecular weight is 336 g/mol. The Morgan fingerprint density at radius 2 is 2.00 bits per heavy atom. The van der Waals surface area contributed by atoms with Gasteiger partial charge in [-0.3, -0.25) is 9.59 Å². The zero-order chi connectivity index (χ0) is 17.8. The average Bonchev–Trinajstić information content (AvgIpc) is 3.06. The summed E-state index contributed by atoms with van der Waals surface area (Å²) in [5.74, 6) is 0.0208. The van der Waals surface area contributed by atoms with Crippen LogP contribution in [0.4, 0.5) is 5.69 Å². The fraction of sp³-hybridized carbons (Fsp3) is 0.333. The van der Waals surface area contributed by atoms with Gasteiger partial charge >= 0.3 is 0 Å². The van der Waals surface area contributed by atoms with Crippen molar-refractivity contribution < 1.29 is 9.59 Å². The highest BCUT2D eigenvalue weighted by Crippen LogP contribution is 2.24. The zero-order valence-corrected chi connectivity index (χ0v) is 14.8. The van der Waals surface area contributed by atoms with Gasteiger partial charge < -0.3 is 10.2 Å². The van der Waals surface area contributed by atoms with Crippen molar-refractivity contribution in [3.8, 4) is 0 Å². The van der Waals surface area contributed by atoms with E-state index in [-0.39, 0.29) is 17.9 Å². The lowest BCUT2D eigenvalue weighted by atomic mass is 9.99. The van der Waals surface area contributed by atoms with Crippen LogP contribution in [0.3, 0.4) is 0 Å². The van der Waals surface area contributed by atoms with Crippen molar-refractivity contribution in [2.24, 2.45) is 0 Å². The highest BCUT2D eigenvalue weighted by molar-refractivity contribution is 5.99. The van der Waals surface area contributed by atoms with Crippen molar-refractivity contribution in [2.45, 2.75) is 39.2 Å². The van der Waals surface area contributed by atoms with Gasteiger partial charge in [-0.25, -0.2) is 0 Å². The quantitative estimate of drug-likeness (QED) is 0.897. The highest BCUT2D eigenvalue weighted by atomic mass is 16.2. The third kappa shape index (κ3) is 3.73. The monoisotopic (exact) mass is 336 g/mol. The molecule has 1 aliphatic heterocycles. The Kier molecular flexibility index (Phi) is 5.17. The van der Waals surface area contributed by atoms with Crippen LogP contribution < -0.4 is 10.2 Å². The van der Waals surface area contributed by atoms with Gasteiger partial charge in [-0.15, -0.1) is 0 Å². The van der Waals surface area contributed by atoms with E-state index in [0.29, 0.717) is 12.0 Å². The van der Waals surface area contributed by atoms with Crippen LogP contribution in [-0.2, 0) is 4.79 Å². The molecule has 0 bridgehead atoms. The molecule has 1 saturated heterocycles. The number of benzene rings is 2. The van der Waals surface area contributed by atoms with Crippen LogP contribution in [0.15, 0.2) is 48.5 Å². The number of carbonyl (C=O) groups is 2. The standard InChI is InChI=1S/C21H24N2O2/c1-3-19(18-11-5-4-8-15(18)2)22-21(25)16-9-6-10-17(14-16)23-13-7-12-20(23)24/h4-6,8-11,14,19H,3,7,12-13H2,1-2H3,(H,22,25). The van der Waals surface area contributed by atoms with Crippen LogP contribution in [0.25, 0.3) is 0 Å². The molecular weight excluding hydrogens is 312 g/mol. The largest absolute Gasteiger partial charge is 0.345 e. The number of hydrogen-bond acceptors (Lipinski definition) is 2. The summed E-state index contributed by atoms with van der Waals surface area (Å²) in [6.07, 6.45) is 2.28. The van der Waals surface area contributed by atoms with E-state index in [2.05, 4.69) is 31.3 Å². The molecule has 2 amide bonds. The molecule has 0 aliphatic carbocycles. The number of hydrogen-bond donors (Lipinski definition) is 1. The lowest BCUT2D eigenvalue weighted by Crippen LogP contribution is -2.29. The first kappa shape index (κ1) is 17.2. The summed E-state index contributed by atoms with van der Waals surface area (Å²) in [5, 5.41) is 3.13. The van der Waals surface area contributed by atoms with Gasteiger partial charge in [-0.1, -0.05) is 37.3 Å². The van der Waals surface area contributed by atoms with E-state index in [4.69, 9.17) is 0 Å². The van der Waals surface area contributed by atoms with Crippen molar-refractivity contribution in [1.82, 2.24) is 5.32 Å². The molecule has 1 aliphatic rings. The van der Waals surface area contributed by atoms with E-state index in [1.165, 1.54) is 5.56 Å². The van der Waals surface area contributed by atoms with Crippen molar-refractivity contribution >= 4 is 17.5 Å². The molecular formula is C21H24N2O2. The number of nitrogens with zero attached hydrogens (tertiary/aromatic N) is 1. The molecule has 130 valence electrons. The first-order valence-corrected chi connectivity index (χ1v) is 8.87. The van der Waals surface area contributed by atoms with Gasteiger partial charge in [0.15, 0.2) is 0 Å². The molecule has 4 heteroatoms. The summed E-state index contributed by atoms with van der Waals surface area (Å²) >= 11 is 0. The number of aryl methyl sites for hydroxylation is 1. The summed E-state index contributed by atoms with van der Waals surface area (Å²) in [7, 11) is 0. The smallest absolute Gasteiger partial charge is 0.251 e. The van der Waals surface area contributed by atoms with E-state index in [1.807, 2.05) is 30.3 Å². The van der Waals surface area contributed by atoms with Crippen molar-refractivity contribution in [3.05, 3.63) is 65.2 Å². The number of nitrogens with one attached hydrogen (secondary N) is 1. The summed E-state index contributed by atoms with van der Waals surface area (Å²) in [4.78, 5) is 26.4. The molecule has 1 fully saturated rings. The van der Waals surface area contributed by atoms with Gasteiger partial charge in [-0.05, 0) is 49.1 Å². The first-order valence-electron chi connectivity index (χ1n) is 8.87. The fourth-order valence-corrected chi connectivity index (χ4v) is 3.36. The van der Waals surface area contributed by atoms with Gasteiger partial charge in [0.2, 0.25) is 5.91 Å². The fourth-order valence-electron chi connectivity index (χ4n) is 3.36. The molecule has 0 saturated carbocycles. The van der Waals surface area contributed by atoms with Crippen LogP contribution in [0.1, 0.15) is 53.7 Å². The van der Waals surface area contributed by atoms with Crippen LogP contribution in [0.5, 0.6) is 0 Å². The van der Waals surface area contributed by atoms with E-state index in [9.17, 15) is 9.59 Å². The first-order chi connectivity index (χ1) is 12.1. The molecule has 1 N–H and O–H groups in total. The van der Waals surface area contributed by atoms with E-state index < -0.39 is 0 Å². The number of anilines is 1. The van der Waals surface area contributed by atoms with Gasteiger partial charge in [-0.2, -0.15) is 0 Å². The summed E-state index contributed by atoms with van der Waals surface area (Å²) in [6, 6.07) is 15.4. The van der Waals surface area contributed by atoms with Crippen LogP contribution in [-0.4, -0.2) is 18.4 Å². The Hall–Kier alpha value is -2.62. The SMILES string of the molecule is CCC(NC(=O)c1cccc(N2CCCC2=O)c1)c1ccccc1C. The summed E-state index contributed by atoms with van der Waals surface area (Å²) < 4.78 is 0. The maximum Gasteiger partial charge on any atom is 0.251 e. The zero-order valence-electron chi connectivity index (χ0n) is 14.8. The summed E-state index contributed by atoms with van der Waals surface area (Å²) in [6.45, 7) is 4.85. The predicted molar refractivity (Wildman–Crippen MR) is 99.7 cm³/mol. The van der Waals surface area contributed by atoms with Crippen LogP contribution in [0.2, 0.25) is 0 Å². The molecule has 4 nitrogen and oxygen atoms in total. The maximum absolute atomic E-state index is 12.7. The van der Waals surface area contributed by atoms with Gasteiger partial charge in [0.05, 0.1) is 6.04 Å². The minimum Gasteiger partial charge on any atom is -0.345 e. The minimum atomic E-state index is -0.108. The third-order valence-corrected chi connectivity index (χ3v) is 4.77. The van der Waals surface area contributed by atoms with E-state index >= 15 is 0 Å². The molecule has 1 heterocycles. The molecule has 2 aromatic carbocycles. The Morgan fingerprint density at radius 3 is 2.68 bits per heavy atom. The third-order valence-electron chi connectivity index (χ3n) is 4.77. The molecule has 25 heavy (non-hydrogen) atoms. The topological polar surface area (TPSA) is 49.4 Å². The highest BCUT2D eigenvalue weighted by Gasteiger charge is 2.23. The lowest BCUT2D eigenvalue weighted by molar-refractivity contribution is -0.117. The molecule has 1 atom stereocenters. The molecule has 2 aromatic rings. The van der Waals surface area contributed by atoms with Gasteiger partial charge in [0, 0.05) is 24.2 Å². The molecule has 3 rings (SSSR count). The number of carbonyl (C=O) groups excluding carboxylic acids is 2. The van der Waals surface area contributed by atoms with Crippen molar-refractivity contribution in [1.29, 1.82) is 0 Å². The second-order valence-electron chi connectivity index (χ2n) is 6.49. The predicted octanol–water partition coefficient (Wildman–Crippen LogP) is 4.00. The Balaban J connectivity index is 1.79. The Morgan fingerprint density at radius 1 is 1.20 bits per heavy atom. The maximum atomic E-state index is 12.7. The molecule has 0 spiro atoms. The van der Waals surface area contributed by atoms with Crippen molar-refractivity contribution in [3.63, 3.8) is 0 Å². The number of amides is 2. The molecule has 0 aromatic heterocycles. The number of rotatable bonds is 5. The lowest BCUT2D eigenvalue weighted by Gasteiger charge is -2.20. The van der Waals surface area contributed by atoms with Crippen LogP contribution in [0, 0.1) is 6.92 Å².